The summed E-state index contributed by atoms with van der Waals surface area (Å²) in [5.74, 6) is -0.369. The predicted molar refractivity (Wildman–Crippen MR) is 60.8 cm³/mol. The topological polar surface area (TPSA) is 74.2 Å². The van der Waals surface area contributed by atoms with E-state index in [9.17, 15) is 4.79 Å². The fraction of sp³-hybridized carbons (Fsp3) is 0.909. The summed E-state index contributed by atoms with van der Waals surface area (Å²) in [4.78, 5) is 10.7. The van der Waals surface area contributed by atoms with Crippen LogP contribution in [0.25, 0.3) is 0 Å². The van der Waals surface area contributed by atoms with Crippen LogP contribution in [0.4, 0.5) is 0 Å². The monoisotopic (exact) mass is 250 g/mol. The Labute approximate surface area is 102 Å². The van der Waals surface area contributed by atoms with Gasteiger partial charge < -0.3 is 24.1 Å². The van der Waals surface area contributed by atoms with Crippen LogP contribution < -0.4 is 0 Å². The highest BCUT2D eigenvalue weighted by Gasteiger charge is 1.98. The maximum atomic E-state index is 10.7. The zero-order chi connectivity index (χ0) is 12.8. The van der Waals surface area contributed by atoms with Gasteiger partial charge in [0.2, 0.25) is 0 Å². The lowest BCUT2D eigenvalue weighted by Gasteiger charge is -2.05. The Morgan fingerprint density at radius 1 is 0.941 bits per heavy atom. The molecular weight excluding hydrogens is 228 g/mol. The summed E-state index contributed by atoms with van der Waals surface area (Å²) >= 11 is 0. The van der Waals surface area contributed by atoms with Gasteiger partial charge in [0.25, 0.3) is 0 Å². The molecular formula is C11H22O6. The van der Waals surface area contributed by atoms with E-state index in [1.165, 1.54) is 7.11 Å². The number of methoxy groups -OCH3 is 1. The Hall–Kier alpha value is -0.690. The first-order valence-corrected chi connectivity index (χ1v) is 5.72. The van der Waals surface area contributed by atoms with Crippen LogP contribution >= 0.6 is 0 Å². The van der Waals surface area contributed by atoms with Crippen LogP contribution in [-0.4, -0.2) is 64.4 Å². The van der Waals surface area contributed by atoms with Crippen molar-refractivity contribution in [2.75, 3.05) is 53.4 Å². The zero-order valence-corrected chi connectivity index (χ0v) is 10.4. The first kappa shape index (κ1) is 16.3. The second kappa shape index (κ2) is 13.4. The summed E-state index contributed by atoms with van der Waals surface area (Å²) in [5.41, 5.74) is 0. The number of aliphatic hydroxyl groups is 1. The number of aliphatic hydroxyl groups excluding tert-OH is 1. The van der Waals surface area contributed by atoms with Gasteiger partial charge in [0.05, 0.1) is 20.3 Å². The molecule has 0 aromatic rings. The lowest BCUT2D eigenvalue weighted by molar-refractivity contribution is -0.146. The molecule has 6 heteroatoms. The smallest absolute Gasteiger partial charge is 0.331 e. The van der Waals surface area contributed by atoms with E-state index < -0.39 is 0 Å². The molecule has 0 saturated heterocycles. The average molecular weight is 250 g/mol. The third-order valence-electron chi connectivity index (χ3n) is 1.84. The molecule has 0 fully saturated rings. The van der Waals surface area contributed by atoms with Gasteiger partial charge >= 0.3 is 5.97 Å². The molecule has 102 valence electrons. The highest BCUT2D eigenvalue weighted by atomic mass is 16.6. The molecule has 0 aliphatic carbocycles. The summed E-state index contributed by atoms with van der Waals surface area (Å²) in [6.45, 7) is 2.73. The van der Waals surface area contributed by atoms with Crippen molar-refractivity contribution in [2.45, 2.75) is 12.8 Å². The van der Waals surface area contributed by atoms with Crippen LogP contribution in [-0.2, 0) is 23.7 Å². The van der Waals surface area contributed by atoms with Crippen molar-refractivity contribution in [1.29, 1.82) is 0 Å². The molecule has 0 aromatic carbocycles. The molecule has 0 saturated carbocycles. The molecule has 0 rings (SSSR count). The molecule has 1 N–H and O–H groups in total. The fourth-order valence-electron chi connectivity index (χ4n) is 1.01. The third kappa shape index (κ3) is 13.2. The quantitative estimate of drug-likeness (QED) is 0.387. The number of hydrogen-bond acceptors (Lipinski definition) is 6. The van der Waals surface area contributed by atoms with Crippen molar-refractivity contribution in [3.63, 3.8) is 0 Å². The fourth-order valence-corrected chi connectivity index (χ4v) is 1.01. The molecule has 6 nitrogen and oxygen atoms in total. The van der Waals surface area contributed by atoms with E-state index in [0.717, 1.165) is 12.8 Å². The Morgan fingerprint density at radius 3 is 2.00 bits per heavy atom. The lowest BCUT2D eigenvalue weighted by Crippen LogP contribution is -2.12. The van der Waals surface area contributed by atoms with E-state index in [-0.39, 0.29) is 19.2 Å². The number of rotatable bonds is 12. The molecule has 0 aromatic heterocycles. The Kier molecular flexibility index (Phi) is 12.8. The molecule has 17 heavy (non-hydrogen) atoms. The van der Waals surface area contributed by atoms with Crippen LogP contribution in [0.15, 0.2) is 0 Å². The van der Waals surface area contributed by atoms with Crippen LogP contribution in [0.1, 0.15) is 12.8 Å². The van der Waals surface area contributed by atoms with Crippen LogP contribution in [0.2, 0.25) is 0 Å². The van der Waals surface area contributed by atoms with Gasteiger partial charge in [-0.05, 0) is 12.8 Å². The minimum Gasteiger partial charge on any atom is -0.467 e. The van der Waals surface area contributed by atoms with Gasteiger partial charge in [-0.15, -0.1) is 0 Å². The Bertz CT molecular complexity index is 173. The van der Waals surface area contributed by atoms with E-state index in [0.29, 0.717) is 33.0 Å². The van der Waals surface area contributed by atoms with Gasteiger partial charge in [0.1, 0.15) is 6.61 Å². The van der Waals surface area contributed by atoms with Crippen molar-refractivity contribution < 1.29 is 28.8 Å². The number of esters is 1. The van der Waals surface area contributed by atoms with Gasteiger partial charge in [-0.25, -0.2) is 4.79 Å². The summed E-state index contributed by atoms with van der Waals surface area (Å²) in [5, 5.41) is 8.44. The molecule has 0 amide bonds. The molecule has 0 spiro atoms. The van der Waals surface area contributed by atoms with E-state index in [2.05, 4.69) is 4.74 Å². The first-order chi connectivity index (χ1) is 8.31. The molecule has 0 heterocycles. The largest absolute Gasteiger partial charge is 0.467 e. The van der Waals surface area contributed by atoms with E-state index in [1.54, 1.807) is 0 Å². The van der Waals surface area contributed by atoms with Gasteiger partial charge in [-0.1, -0.05) is 0 Å². The number of carbonyl (C=O) groups is 1. The van der Waals surface area contributed by atoms with E-state index >= 15 is 0 Å². The lowest BCUT2D eigenvalue weighted by atomic mass is 10.4. The molecule has 0 aliphatic heterocycles. The number of ether oxygens (including phenoxy) is 4. The highest BCUT2D eigenvalue weighted by Crippen LogP contribution is 1.89. The second-order valence-corrected chi connectivity index (χ2v) is 3.28. The van der Waals surface area contributed by atoms with Crippen molar-refractivity contribution in [3.05, 3.63) is 0 Å². The first-order valence-electron chi connectivity index (χ1n) is 5.72. The summed E-state index contributed by atoms with van der Waals surface area (Å²) < 4.78 is 19.8. The minimum absolute atomic E-state index is 0.00843. The summed E-state index contributed by atoms with van der Waals surface area (Å²) in [6.07, 6.45) is 1.55. The van der Waals surface area contributed by atoms with Gasteiger partial charge in [0, 0.05) is 26.4 Å². The molecule has 0 atom stereocenters. The Balaban J connectivity index is 2.96. The minimum atomic E-state index is -0.369. The van der Waals surface area contributed by atoms with Crippen LogP contribution in [0.5, 0.6) is 0 Å². The average Bonchev–Trinajstić information content (AvgIpc) is 2.35. The SMILES string of the molecule is COC(=O)COCCCOCCCOCCO. The van der Waals surface area contributed by atoms with Gasteiger partial charge in [-0.3, -0.25) is 0 Å². The van der Waals surface area contributed by atoms with Crippen molar-refractivity contribution in [2.24, 2.45) is 0 Å². The molecule has 0 aliphatic rings. The van der Waals surface area contributed by atoms with Crippen molar-refractivity contribution in [1.82, 2.24) is 0 Å². The number of carbonyl (C=O) groups excluding carboxylic acids is 1. The number of hydrogen-bond donors (Lipinski definition) is 1. The molecule has 0 radical (unpaired) electrons. The van der Waals surface area contributed by atoms with E-state index in [1.807, 2.05) is 0 Å². The van der Waals surface area contributed by atoms with Crippen molar-refractivity contribution >= 4 is 5.97 Å². The van der Waals surface area contributed by atoms with Crippen LogP contribution in [0.3, 0.4) is 0 Å². The zero-order valence-electron chi connectivity index (χ0n) is 10.4. The molecule has 0 bridgehead atoms. The van der Waals surface area contributed by atoms with Crippen molar-refractivity contribution in [3.8, 4) is 0 Å². The van der Waals surface area contributed by atoms with Gasteiger partial charge in [0.15, 0.2) is 0 Å². The maximum Gasteiger partial charge on any atom is 0.331 e. The predicted octanol–water partition coefficient (Wildman–Crippen LogP) is -0.0183. The summed E-state index contributed by atoms with van der Waals surface area (Å²) in [6, 6.07) is 0. The Morgan fingerprint density at radius 2 is 1.47 bits per heavy atom. The third-order valence-corrected chi connectivity index (χ3v) is 1.84. The maximum absolute atomic E-state index is 10.7. The standard InChI is InChI=1S/C11H22O6/c1-14-11(13)10-17-8-3-6-15-5-2-7-16-9-4-12/h12H,2-10H2,1H3. The summed E-state index contributed by atoms with van der Waals surface area (Å²) in [7, 11) is 1.33. The van der Waals surface area contributed by atoms with Gasteiger partial charge in [-0.2, -0.15) is 0 Å². The van der Waals surface area contributed by atoms with E-state index in [4.69, 9.17) is 19.3 Å². The highest BCUT2D eigenvalue weighted by molar-refractivity contribution is 5.70. The van der Waals surface area contributed by atoms with Crippen LogP contribution in [0, 0.1) is 0 Å². The second-order valence-electron chi connectivity index (χ2n) is 3.28. The molecule has 0 unspecified atom stereocenters. The normalized spacial score (nSPS) is 10.5.